The normalized spacial score (nSPS) is 14.1. The minimum atomic E-state index is -3.24. The Hall–Kier alpha value is -0.400. The van der Waals surface area contributed by atoms with E-state index in [9.17, 15) is 8.42 Å². The fourth-order valence-electron chi connectivity index (χ4n) is 1.31. The van der Waals surface area contributed by atoms with Gasteiger partial charge in [-0.2, -0.15) is 5.10 Å². The molecular formula is C8H14BrN3O2S. The molecular weight excluding hydrogens is 282 g/mol. The first-order chi connectivity index (χ1) is 6.87. The molecule has 0 aliphatic carbocycles. The van der Waals surface area contributed by atoms with E-state index in [1.165, 1.54) is 0 Å². The molecule has 0 amide bonds. The van der Waals surface area contributed by atoms with Crippen LogP contribution in [-0.4, -0.2) is 22.9 Å². The third-order valence-electron chi connectivity index (χ3n) is 2.24. The summed E-state index contributed by atoms with van der Waals surface area (Å²) >= 11 is 2.92. The minimum absolute atomic E-state index is 0.0936. The summed E-state index contributed by atoms with van der Waals surface area (Å²) in [5.74, 6) is 0. The molecule has 0 spiro atoms. The molecule has 1 aromatic heterocycles. The van der Waals surface area contributed by atoms with Crippen LogP contribution in [0.25, 0.3) is 0 Å². The van der Waals surface area contributed by atoms with Crippen molar-refractivity contribution >= 4 is 26.0 Å². The molecule has 0 aliphatic heterocycles. The topological polar surface area (TPSA) is 64.0 Å². The van der Waals surface area contributed by atoms with Gasteiger partial charge in [-0.05, 0) is 13.8 Å². The van der Waals surface area contributed by atoms with Crippen LogP contribution in [0.2, 0.25) is 0 Å². The van der Waals surface area contributed by atoms with E-state index in [0.29, 0.717) is 0 Å². The Bertz CT molecular complexity index is 441. The van der Waals surface area contributed by atoms with Gasteiger partial charge in [0.25, 0.3) is 0 Å². The molecule has 0 saturated carbocycles. The Morgan fingerprint density at radius 1 is 1.67 bits per heavy atom. The van der Waals surface area contributed by atoms with Gasteiger partial charge in [0.1, 0.15) is 4.66 Å². The summed E-state index contributed by atoms with van der Waals surface area (Å²) in [5, 5.41) is 4.06. The van der Waals surface area contributed by atoms with E-state index in [0.717, 1.165) is 11.3 Å². The molecule has 0 bridgehead atoms. The van der Waals surface area contributed by atoms with Crippen molar-refractivity contribution in [3.05, 3.63) is 17.5 Å². The summed E-state index contributed by atoms with van der Waals surface area (Å²) in [7, 11) is -1.42. The van der Waals surface area contributed by atoms with Crippen LogP contribution in [0, 0.1) is 6.92 Å². The van der Waals surface area contributed by atoms with Gasteiger partial charge in [0.15, 0.2) is 0 Å². The summed E-state index contributed by atoms with van der Waals surface area (Å²) in [6.07, 6.45) is 1.68. The number of aryl methyl sites for hydroxylation is 1. The number of nitrogens with zero attached hydrogens (tertiary/aromatic N) is 2. The Morgan fingerprint density at radius 2 is 2.27 bits per heavy atom. The van der Waals surface area contributed by atoms with Crippen LogP contribution >= 0.6 is 15.9 Å². The fourth-order valence-corrected chi connectivity index (χ4v) is 2.43. The molecule has 0 aliphatic rings. The molecule has 1 aromatic rings. The number of rotatable bonds is 4. The van der Waals surface area contributed by atoms with Gasteiger partial charge < -0.3 is 0 Å². The highest BCUT2D eigenvalue weighted by atomic mass is 79.9. The first kappa shape index (κ1) is 12.7. The van der Waals surface area contributed by atoms with E-state index in [4.69, 9.17) is 0 Å². The summed E-state index contributed by atoms with van der Waals surface area (Å²) in [6.45, 7) is 3.70. The SMILES string of the molecule is Cc1c(C(C)NS(=O)(=O)CBr)cnn1C. The van der Waals surface area contributed by atoms with Crippen LogP contribution in [0.4, 0.5) is 0 Å². The van der Waals surface area contributed by atoms with Gasteiger partial charge >= 0.3 is 0 Å². The zero-order valence-electron chi connectivity index (χ0n) is 8.86. The third-order valence-corrected chi connectivity index (χ3v) is 5.05. The molecule has 1 unspecified atom stereocenters. The predicted octanol–water partition coefficient (Wildman–Crippen LogP) is 1.06. The van der Waals surface area contributed by atoms with Crippen LogP contribution in [0.1, 0.15) is 24.2 Å². The summed E-state index contributed by atoms with van der Waals surface area (Å²) in [6, 6.07) is -0.263. The van der Waals surface area contributed by atoms with Gasteiger partial charge in [0, 0.05) is 24.3 Å². The molecule has 0 aromatic carbocycles. The van der Waals surface area contributed by atoms with E-state index in [2.05, 4.69) is 25.8 Å². The Balaban J connectivity index is 2.87. The van der Waals surface area contributed by atoms with Gasteiger partial charge in [-0.1, -0.05) is 15.9 Å². The number of aromatic nitrogens is 2. The van der Waals surface area contributed by atoms with Crippen molar-refractivity contribution in [1.82, 2.24) is 14.5 Å². The lowest BCUT2D eigenvalue weighted by Crippen LogP contribution is -2.27. The number of hydrogen-bond donors (Lipinski definition) is 1. The van der Waals surface area contributed by atoms with Gasteiger partial charge in [-0.3, -0.25) is 4.68 Å². The second-order valence-electron chi connectivity index (χ2n) is 3.37. The molecule has 86 valence electrons. The van der Waals surface area contributed by atoms with Gasteiger partial charge in [-0.15, -0.1) is 0 Å². The Morgan fingerprint density at radius 3 is 2.67 bits per heavy atom. The standard InChI is InChI=1S/C8H14BrN3O2S/c1-6(11-15(13,14)5-9)8-4-10-12(3)7(8)2/h4,6,11H,5H2,1-3H3. The maximum Gasteiger partial charge on any atom is 0.222 e. The van der Waals surface area contributed by atoms with E-state index in [-0.39, 0.29) is 10.7 Å². The van der Waals surface area contributed by atoms with E-state index < -0.39 is 10.0 Å². The van der Waals surface area contributed by atoms with Crippen LogP contribution in [0.15, 0.2) is 6.20 Å². The number of sulfonamides is 1. The Labute approximate surface area is 98.0 Å². The lowest BCUT2D eigenvalue weighted by atomic mass is 10.1. The van der Waals surface area contributed by atoms with Crippen LogP contribution < -0.4 is 4.72 Å². The highest BCUT2D eigenvalue weighted by Gasteiger charge is 2.17. The van der Waals surface area contributed by atoms with Crippen molar-refractivity contribution in [1.29, 1.82) is 0 Å². The second kappa shape index (κ2) is 4.63. The number of nitrogens with one attached hydrogen (secondary N) is 1. The van der Waals surface area contributed by atoms with Crippen molar-refractivity contribution in [3.63, 3.8) is 0 Å². The van der Waals surface area contributed by atoms with Crippen molar-refractivity contribution in [2.45, 2.75) is 19.9 Å². The lowest BCUT2D eigenvalue weighted by molar-refractivity contribution is 0.571. The Kier molecular flexibility index (Phi) is 3.91. The highest BCUT2D eigenvalue weighted by molar-refractivity contribution is 9.10. The lowest BCUT2D eigenvalue weighted by Gasteiger charge is -2.12. The van der Waals surface area contributed by atoms with E-state index in [1.807, 2.05) is 14.0 Å². The summed E-state index contributed by atoms with van der Waals surface area (Å²) < 4.78 is 26.8. The minimum Gasteiger partial charge on any atom is -0.273 e. The summed E-state index contributed by atoms with van der Waals surface area (Å²) in [4.78, 5) is 0. The zero-order chi connectivity index (χ0) is 11.6. The molecule has 7 heteroatoms. The molecule has 1 atom stereocenters. The maximum absolute atomic E-state index is 11.3. The molecule has 0 fully saturated rings. The number of alkyl halides is 1. The number of hydrogen-bond acceptors (Lipinski definition) is 3. The third kappa shape index (κ3) is 3.02. The quantitative estimate of drug-likeness (QED) is 0.845. The molecule has 0 radical (unpaired) electrons. The molecule has 1 heterocycles. The fraction of sp³-hybridized carbons (Fsp3) is 0.625. The molecule has 15 heavy (non-hydrogen) atoms. The van der Waals surface area contributed by atoms with Gasteiger partial charge in [0.2, 0.25) is 10.0 Å². The summed E-state index contributed by atoms with van der Waals surface area (Å²) in [5.41, 5.74) is 1.85. The average molecular weight is 296 g/mol. The average Bonchev–Trinajstić information content (AvgIpc) is 2.47. The van der Waals surface area contributed by atoms with Crippen LogP contribution in [0.5, 0.6) is 0 Å². The van der Waals surface area contributed by atoms with Crippen molar-refractivity contribution in [3.8, 4) is 0 Å². The molecule has 5 nitrogen and oxygen atoms in total. The molecule has 1 rings (SSSR count). The number of halogens is 1. The molecule has 1 N–H and O–H groups in total. The van der Waals surface area contributed by atoms with Crippen LogP contribution in [0.3, 0.4) is 0 Å². The first-order valence-electron chi connectivity index (χ1n) is 4.42. The largest absolute Gasteiger partial charge is 0.273 e. The predicted molar refractivity (Wildman–Crippen MR) is 62.2 cm³/mol. The highest BCUT2D eigenvalue weighted by Crippen LogP contribution is 2.17. The molecule has 0 saturated heterocycles. The monoisotopic (exact) mass is 295 g/mol. The van der Waals surface area contributed by atoms with Crippen molar-refractivity contribution in [2.75, 3.05) is 4.66 Å². The maximum atomic E-state index is 11.3. The van der Waals surface area contributed by atoms with Crippen LogP contribution in [-0.2, 0) is 17.1 Å². The smallest absolute Gasteiger partial charge is 0.222 e. The second-order valence-corrected chi connectivity index (χ2v) is 6.43. The van der Waals surface area contributed by atoms with Gasteiger partial charge in [-0.25, -0.2) is 13.1 Å². The first-order valence-corrected chi connectivity index (χ1v) is 7.19. The van der Waals surface area contributed by atoms with Gasteiger partial charge in [0.05, 0.1) is 6.20 Å². The van der Waals surface area contributed by atoms with Crippen molar-refractivity contribution < 1.29 is 8.42 Å². The van der Waals surface area contributed by atoms with Crippen molar-refractivity contribution in [2.24, 2.45) is 7.05 Å². The van der Waals surface area contributed by atoms with E-state index >= 15 is 0 Å². The zero-order valence-corrected chi connectivity index (χ0v) is 11.3. The van der Waals surface area contributed by atoms with E-state index in [1.54, 1.807) is 17.8 Å².